The zero-order valence-electron chi connectivity index (χ0n) is 10.1. The number of carbonyl (C=O) groups is 1. The van der Waals surface area contributed by atoms with Gasteiger partial charge in [-0.05, 0) is 33.1 Å². The van der Waals surface area contributed by atoms with Crippen LogP contribution >= 0.6 is 0 Å². The predicted octanol–water partition coefficient (Wildman–Crippen LogP) is 1.30. The quantitative estimate of drug-likeness (QED) is 0.737. The lowest BCUT2D eigenvalue weighted by atomic mass is 10.2. The van der Waals surface area contributed by atoms with Crippen molar-refractivity contribution in [3.05, 3.63) is 17.6 Å². The number of fused-ring (bicyclic) bond motifs is 1. The zero-order valence-corrected chi connectivity index (χ0v) is 10.1. The third-order valence-electron chi connectivity index (χ3n) is 2.74. The first-order valence-corrected chi connectivity index (χ1v) is 5.88. The van der Waals surface area contributed by atoms with Gasteiger partial charge in [-0.15, -0.1) is 0 Å². The number of hydrogen-bond donors (Lipinski definition) is 0. The summed E-state index contributed by atoms with van der Waals surface area (Å²) in [6.07, 6.45) is 3.80. The van der Waals surface area contributed by atoms with E-state index in [4.69, 9.17) is 9.47 Å². The Kier molecular flexibility index (Phi) is 3.56. The van der Waals surface area contributed by atoms with Crippen molar-refractivity contribution in [1.29, 1.82) is 0 Å². The van der Waals surface area contributed by atoms with Gasteiger partial charge < -0.3 is 9.47 Å². The van der Waals surface area contributed by atoms with Gasteiger partial charge in [-0.3, -0.25) is 0 Å². The Balaban J connectivity index is 2.09. The number of esters is 1. The molecule has 17 heavy (non-hydrogen) atoms. The molecule has 1 heterocycles. The Morgan fingerprint density at radius 1 is 1.47 bits per heavy atom. The van der Waals surface area contributed by atoms with Crippen molar-refractivity contribution in [3.63, 3.8) is 0 Å². The highest BCUT2D eigenvalue weighted by Crippen LogP contribution is 2.27. The predicted molar refractivity (Wildman–Crippen MR) is 60.8 cm³/mol. The van der Waals surface area contributed by atoms with E-state index in [0.29, 0.717) is 12.5 Å². The van der Waals surface area contributed by atoms with Crippen LogP contribution in [0.5, 0.6) is 5.88 Å². The number of aromatic nitrogens is 2. The first kappa shape index (κ1) is 11.8. The minimum atomic E-state index is -0.630. The molecule has 5 heteroatoms. The second-order valence-corrected chi connectivity index (χ2v) is 3.97. The van der Waals surface area contributed by atoms with Crippen LogP contribution in [0.2, 0.25) is 0 Å². The van der Waals surface area contributed by atoms with Gasteiger partial charge in [-0.25, -0.2) is 14.8 Å². The van der Waals surface area contributed by atoms with Crippen LogP contribution in [0.4, 0.5) is 0 Å². The molecule has 0 saturated carbocycles. The lowest BCUT2D eigenvalue weighted by Crippen LogP contribution is -2.27. The molecule has 0 amide bonds. The molecule has 1 aromatic rings. The van der Waals surface area contributed by atoms with Gasteiger partial charge in [0.25, 0.3) is 0 Å². The maximum Gasteiger partial charge on any atom is 0.347 e. The Bertz CT molecular complexity index is 420. The SMILES string of the molecule is CCOC(=O)C(C)Oc1ncnc2c1CCC2. The molecule has 0 fully saturated rings. The molecule has 1 aliphatic carbocycles. The van der Waals surface area contributed by atoms with Crippen LogP contribution < -0.4 is 4.74 Å². The summed E-state index contributed by atoms with van der Waals surface area (Å²) in [7, 11) is 0. The average Bonchev–Trinajstić information content (AvgIpc) is 2.78. The summed E-state index contributed by atoms with van der Waals surface area (Å²) < 4.78 is 10.4. The van der Waals surface area contributed by atoms with E-state index in [9.17, 15) is 4.79 Å². The lowest BCUT2D eigenvalue weighted by Gasteiger charge is -2.14. The fraction of sp³-hybridized carbons (Fsp3) is 0.583. The van der Waals surface area contributed by atoms with Crippen LogP contribution in [0.25, 0.3) is 0 Å². The highest BCUT2D eigenvalue weighted by atomic mass is 16.6. The van der Waals surface area contributed by atoms with Crippen molar-refractivity contribution in [2.45, 2.75) is 39.2 Å². The fourth-order valence-corrected chi connectivity index (χ4v) is 1.91. The van der Waals surface area contributed by atoms with Gasteiger partial charge in [0.15, 0.2) is 6.10 Å². The third-order valence-corrected chi connectivity index (χ3v) is 2.74. The fourth-order valence-electron chi connectivity index (χ4n) is 1.91. The van der Waals surface area contributed by atoms with E-state index in [-0.39, 0.29) is 5.97 Å². The normalized spacial score (nSPS) is 15.2. The Labute approximate surface area is 100 Å². The number of carbonyl (C=O) groups excluding carboxylic acids is 1. The second-order valence-electron chi connectivity index (χ2n) is 3.97. The van der Waals surface area contributed by atoms with Gasteiger partial charge in [0.05, 0.1) is 12.3 Å². The van der Waals surface area contributed by atoms with Crippen molar-refractivity contribution >= 4 is 5.97 Å². The van der Waals surface area contributed by atoms with Crippen LogP contribution in [0.1, 0.15) is 31.5 Å². The molecule has 1 aromatic heterocycles. The van der Waals surface area contributed by atoms with Crippen LogP contribution in [0, 0.1) is 0 Å². The summed E-state index contributed by atoms with van der Waals surface area (Å²) in [5.74, 6) is 0.158. The van der Waals surface area contributed by atoms with Crippen LogP contribution in [-0.2, 0) is 22.4 Å². The molecular formula is C12H16N2O3. The summed E-state index contributed by atoms with van der Waals surface area (Å²) in [5.41, 5.74) is 2.06. The van der Waals surface area contributed by atoms with Crippen molar-refractivity contribution in [3.8, 4) is 5.88 Å². The summed E-state index contributed by atoms with van der Waals surface area (Å²) in [4.78, 5) is 19.7. The van der Waals surface area contributed by atoms with Crippen molar-refractivity contribution in [2.75, 3.05) is 6.61 Å². The number of rotatable bonds is 4. The molecule has 0 aliphatic heterocycles. The van der Waals surface area contributed by atoms with E-state index < -0.39 is 6.10 Å². The van der Waals surface area contributed by atoms with Gasteiger partial charge in [0.1, 0.15) is 6.33 Å². The van der Waals surface area contributed by atoms with Gasteiger partial charge in [-0.1, -0.05) is 0 Å². The number of nitrogens with zero attached hydrogens (tertiary/aromatic N) is 2. The highest BCUT2D eigenvalue weighted by Gasteiger charge is 2.22. The maximum atomic E-state index is 11.5. The monoisotopic (exact) mass is 236 g/mol. The summed E-state index contributed by atoms with van der Waals surface area (Å²) in [5, 5.41) is 0. The minimum absolute atomic E-state index is 0.356. The van der Waals surface area contributed by atoms with Crippen molar-refractivity contribution < 1.29 is 14.3 Å². The first-order valence-electron chi connectivity index (χ1n) is 5.88. The standard InChI is InChI=1S/C12H16N2O3/c1-3-16-12(15)8(2)17-11-9-5-4-6-10(9)13-7-14-11/h7-8H,3-6H2,1-2H3. The van der Waals surface area contributed by atoms with E-state index in [1.54, 1.807) is 13.8 Å². The topological polar surface area (TPSA) is 61.3 Å². The molecule has 1 atom stereocenters. The molecule has 92 valence electrons. The molecule has 0 bridgehead atoms. The highest BCUT2D eigenvalue weighted by molar-refractivity contribution is 5.74. The molecule has 1 aliphatic rings. The van der Waals surface area contributed by atoms with E-state index in [2.05, 4.69) is 9.97 Å². The van der Waals surface area contributed by atoms with Crippen molar-refractivity contribution in [1.82, 2.24) is 9.97 Å². The van der Waals surface area contributed by atoms with E-state index in [0.717, 1.165) is 30.5 Å². The maximum absolute atomic E-state index is 11.5. The molecule has 0 spiro atoms. The number of aryl methyl sites for hydroxylation is 1. The second kappa shape index (κ2) is 5.12. The van der Waals surface area contributed by atoms with Gasteiger partial charge in [-0.2, -0.15) is 0 Å². The molecular weight excluding hydrogens is 220 g/mol. The van der Waals surface area contributed by atoms with E-state index in [1.807, 2.05) is 0 Å². The summed E-state index contributed by atoms with van der Waals surface area (Å²) in [6, 6.07) is 0. The summed E-state index contributed by atoms with van der Waals surface area (Å²) in [6.45, 7) is 3.79. The molecule has 0 radical (unpaired) electrons. The molecule has 0 saturated heterocycles. The molecule has 2 rings (SSSR count). The minimum Gasteiger partial charge on any atom is -0.463 e. The van der Waals surface area contributed by atoms with E-state index in [1.165, 1.54) is 6.33 Å². The molecule has 5 nitrogen and oxygen atoms in total. The van der Waals surface area contributed by atoms with Crippen LogP contribution in [0.15, 0.2) is 6.33 Å². The smallest absolute Gasteiger partial charge is 0.347 e. The van der Waals surface area contributed by atoms with Gasteiger partial charge in [0, 0.05) is 5.56 Å². The van der Waals surface area contributed by atoms with Crippen LogP contribution in [-0.4, -0.2) is 28.6 Å². The summed E-state index contributed by atoms with van der Waals surface area (Å²) >= 11 is 0. The Morgan fingerprint density at radius 2 is 2.29 bits per heavy atom. The third kappa shape index (κ3) is 2.54. The molecule has 0 aromatic carbocycles. The zero-order chi connectivity index (χ0) is 12.3. The number of ether oxygens (including phenoxy) is 2. The molecule has 1 unspecified atom stereocenters. The lowest BCUT2D eigenvalue weighted by molar-refractivity contribution is -0.150. The van der Waals surface area contributed by atoms with Gasteiger partial charge in [0.2, 0.25) is 5.88 Å². The Hall–Kier alpha value is -1.65. The largest absolute Gasteiger partial charge is 0.463 e. The van der Waals surface area contributed by atoms with Crippen LogP contribution in [0.3, 0.4) is 0 Å². The average molecular weight is 236 g/mol. The van der Waals surface area contributed by atoms with E-state index >= 15 is 0 Å². The first-order chi connectivity index (χ1) is 8.22. The van der Waals surface area contributed by atoms with Gasteiger partial charge >= 0.3 is 5.97 Å². The number of hydrogen-bond acceptors (Lipinski definition) is 5. The van der Waals surface area contributed by atoms with Crippen molar-refractivity contribution in [2.24, 2.45) is 0 Å². The molecule has 0 N–H and O–H groups in total. The Morgan fingerprint density at radius 3 is 3.06 bits per heavy atom.